The van der Waals surface area contributed by atoms with Gasteiger partial charge in [0.2, 0.25) is 0 Å². The Bertz CT molecular complexity index is 691. The number of pyridine rings is 1. The number of aryl methyl sites for hydroxylation is 1. The number of nitrogens with zero attached hydrogens (tertiary/aromatic N) is 4. The van der Waals surface area contributed by atoms with Crippen LogP contribution in [0.4, 0.5) is 0 Å². The molecule has 3 rings (SSSR count). The summed E-state index contributed by atoms with van der Waals surface area (Å²) < 4.78 is 6.96. The Morgan fingerprint density at radius 3 is 2.88 bits per heavy atom. The number of rotatable bonds is 6. The van der Waals surface area contributed by atoms with Crippen LogP contribution in [0, 0.1) is 12.8 Å². The summed E-state index contributed by atoms with van der Waals surface area (Å²) in [5.41, 5.74) is 1.40. The number of fused-ring (bicyclic) bond motifs is 1. The van der Waals surface area contributed by atoms with E-state index in [0.717, 1.165) is 57.1 Å². The van der Waals surface area contributed by atoms with Crippen LogP contribution in [-0.2, 0) is 4.74 Å². The third kappa shape index (κ3) is 3.91. The van der Waals surface area contributed by atoms with Crippen LogP contribution >= 0.6 is 0 Å². The second-order valence-corrected chi connectivity index (χ2v) is 6.38. The number of hydrogen-bond donors (Lipinski definition) is 1. The van der Waals surface area contributed by atoms with Crippen LogP contribution in [-0.4, -0.2) is 65.3 Å². The molecule has 2 aromatic heterocycles. The standard InChI is InChI=1S/C17H25N5O2/c1-13-19-20-16-4-3-15(12-22(13)16)17(23)18-11-14-5-7-21(8-6-14)9-10-24-2/h3-4,12,14H,5-11H2,1-2H3,(H,18,23). The molecule has 0 atom stereocenters. The van der Waals surface area contributed by atoms with Gasteiger partial charge in [-0.2, -0.15) is 0 Å². The normalized spacial score (nSPS) is 16.6. The maximum absolute atomic E-state index is 12.4. The molecule has 3 heterocycles. The number of ether oxygens (including phenoxy) is 1. The van der Waals surface area contributed by atoms with E-state index in [2.05, 4.69) is 20.4 Å². The summed E-state index contributed by atoms with van der Waals surface area (Å²) >= 11 is 0. The first kappa shape index (κ1) is 16.9. The molecule has 0 aromatic carbocycles. The number of carbonyl (C=O) groups excluding carboxylic acids is 1. The molecule has 2 aromatic rings. The highest BCUT2D eigenvalue weighted by Crippen LogP contribution is 2.16. The molecule has 0 bridgehead atoms. The Balaban J connectivity index is 1.49. The minimum absolute atomic E-state index is 0.0354. The van der Waals surface area contributed by atoms with Gasteiger partial charge in [-0.25, -0.2) is 0 Å². The molecular formula is C17H25N5O2. The van der Waals surface area contributed by atoms with Crippen LogP contribution < -0.4 is 5.32 Å². The van der Waals surface area contributed by atoms with Gasteiger partial charge in [0.1, 0.15) is 5.82 Å². The van der Waals surface area contributed by atoms with Crippen molar-refractivity contribution < 1.29 is 9.53 Å². The number of amides is 1. The molecule has 7 heteroatoms. The van der Waals surface area contributed by atoms with Crippen molar-refractivity contribution in [1.29, 1.82) is 0 Å². The lowest BCUT2D eigenvalue weighted by Gasteiger charge is -2.31. The quantitative estimate of drug-likeness (QED) is 0.859. The lowest BCUT2D eigenvalue weighted by atomic mass is 9.96. The summed E-state index contributed by atoms with van der Waals surface area (Å²) in [6.45, 7) is 6.54. The average molecular weight is 331 g/mol. The summed E-state index contributed by atoms with van der Waals surface area (Å²) in [7, 11) is 1.74. The van der Waals surface area contributed by atoms with E-state index in [-0.39, 0.29) is 5.91 Å². The predicted molar refractivity (Wildman–Crippen MR) is 91.1 cm³/mol. The molecule has 24 heavy (non-hydrogen) atoms. The molecule has 130 valence electrons. The second kappa shape index (κ2) is 7.72. The average Bonchev–Trinajstić information content (AvgIpc) is 2.99. The van der Waals surface area contributed by atoms with Crippen molar-refractivity contribution in [1.82, 2.24) is 24.8 Å². The van der Waals surface area contributed by atoms with Crippen molar-refractivity contribution >= 4 is 11.6 Å². The van der Waals surface area contributed by atoms with Crippen LogP contribution in [0.5, 0.6) is 0 Å². The number of likely N-dealkylation sites (tertiary alicyclic amines) is 1. The zero-order valence-corrected chi connectivity index (χ0v) is 14.4. The Morgan fingerprint density at radius 1 is 1.33 bits per heavy atom. The Kier molecular flexibility index (Phi) is 5.42. The van der Waals surface area contributed by atoms with E-state index in [1.165, 1.54) is 0 Å². The van der Waals surface area contributed by atoms with Gasteiger partial charge in [0.15, 0.2) is 5.65 Å². The monoisotopic (exact) mass is 331 g/mol. The third-order valence-corrected chi connectivity index (χ3v) is 4.71. The number of aromatic nitrogens is 3. The summed E-state index contributed by atoms with van der Waals surface area (Å²) in [5.74, 6) is 1.29. The summed E-state index contributed by atoms with van der Waals surface area (Å²) in [6, 6.07) is 3.62. The number of nitrogens with one attached hydrogen (secondary N) is 1. The van der Waals surface area contributed by atoms with Gasteiger partial charge in [-0.3, -0.25) is 9.20 Å². The number of carbonyl (C=O) groups is 1. The minimum Gasteiger partial charge on any atom is -0.383 e. The van der Waals surface area contributed by atoms with Crippen molar-refractivity contribution in [2.45, 2.75) is 19.8 Å². The van der Waals surface area contributed by atoms with Gasteiger partial charge in [-0.15, -0.1) is 10.2 Å². The van der Waals surface area contributed by atoms with Crippen LogP contribution in [0.3, 0.4) is 0 Å². The molecule has 0 saturated carbocycles. The van der Waals surface area contributed by atoms with Gasteiger partial charge >= 0.3 is 0 Å². The Hall–Kier alpha value is -1.99. The van der Waals surface area contributed by atoms with Crippen molar-refractivity contribution in [3.05, 3.63) is 29.7 Å². The predicted octanol–water partition coefficient (Wildman–Crippen LogP) is 1.13. The zero-order chi connectivity index (χ0) is 16.9. The fourth-order valence-electron chi connectivity index (χ4n) is 3.11. The smallest absolute Gasteiger partial charge is 0.252 e. The molecule has 1 fully saturated rings. The molecular weight excluding hydrogens is 306 g/mol. The first-order valence-electron chi connectivity index (χ1n) is 8.48. The Morgan fingerprint density at radius 2 is 2.12 bits per heavy atom. The van der Waals surface area contributed by atoms with E-state index < -0.39 is 0 Å². The fraction of sp³-hybridized carbons (Fsp3) is 0.588. The molecule has 1 amide bonds. The molecule has 1 N–H and O–H groups in total. The lowest BCUT2D eigenvalue weighted by molar-refractivity contribution is 0.0925. The van der Waals surface area contributed by atoms with E-state index in [9.17, 15) is 4.79 Å². The van der Waals surface area contributed by atoms with Crippen molar-refractivity contribution in [3.8, 4) is 0 Å². The lowest BCUT2D eigenvalue weighted by Crippen LogP contribution is -2.39. The third-order valence-electron chi connectivity index (χ3n) is 4.71. The molecule has 7 nitrogen and oxygen atoms in total. The summed E-state index contributed by atoms with van der Waals surface area (Å²) in [6.07, 6.45) is 4.04. The van der Waals surface area contributed by atoms with Crippen molar-refractivity contribution in [2.24, 2.45) is 5.92 Å². The summed E-state index contributed by atoms with van der Waals surface area (Å²) in [4.78, 5) is 14.8. The first-order valence-corrected chi connectivity index (χ1v) is 8.48. The first-order chi connectivity index (χ1) is 11.7. The molecule has 1 saturated heterocycles. The van der Waals surface area contributed by atoms with Crippen LogP contribution in [0.1, 0.15) is 29.0 Å². The van der Waals surface area contributed by atoms with Gasteiger partial charge in [-0.1, -0.05) is 0 Å². The van der Waals surface area contributed by atoms with Gasteiger partial charge in [0.05, 0.1) is 12.2 Å². The summed E-state index contributed by atoms with van der Waals surface area (Å²) in [5, 5.41) is 11.1. The highest BCUT2D eigenvalue weighted by Gasteiger charge is 2.19. The number of methoxy groups -OCH3 is 1. The molecule has 0 unspecified atom stereocenters. The number of piperidine rings is 1. The number of hydrogen-bond acceptors (Lipinski definition) is 5. The van der Waals surface area contributed by atoms with E-state index in [1.54, 1.807) is 19.4 Å². The molecule has 1 aliphatic rings. The van der Waals surface area contributed by atoms with Gasteiger partial charge in [0, 0.05) is 26.4 Å². The van der Waals surface area contributed by atoms with Crippen molar-refractivity contribution in [2.75, 3.05) is 39.9 Å². The van der Waals surface area contributed by atoms with E-state index in [0.29, 0.717) is 11.5 Å². The largest absolute Gasteiger partial charge is 0.383 e. The van der Waals surface area contributed by atoms with Gasteiger partial charge in [0.25, 0.3) is 5.91 Å². The maximum atomic E-state index is 12.4. The van der Waals surface area contributed by atoms with E-state index in [4.69, 9.17) is 4.74 Å². The van der Waals surface area contributed by atoms with Gasteiger partial charge < -0.3 is 15.0 Å². The van der Waals surface area contributed by atoms with Crippen LogP contribution in [0.25, 0.3) is 5.65 Å². The minimum atomic E-state index is -0.0354. The highest BCUT2D eigenvalue weighted by atomic mass is 16.5. The molecule has 0 radical (unpaired) electrons. The zero-order valence-electron chi connectivity index (χ0n) is 14.4. The Labute approximate surface area is 142 Å². The topological polar surface area (TPSA) is 71.8 Å². The molecule has 0 spiro atoms. The van der Waals surface area contributed by atoms with E-state index >= 15 is 0 Å². The second-order valence-electron chi connectivity index (χ2n) is 6.38. The van der Waals surface area contributed by atoms with Gasteiger partial charge in [-0.05, 0) is 50.9 Å². The molecule has 0 aliphatic carbocycles. The molecule has 1 aliphatic heterocycles. The SMILES string of the molecule is COCCN1CCC(CNC(=O)c2ccc3nnc(C)n3c2)CC1. The maximum Gasteiger partial charge on any atom is 0.252 e. The van der Waals surface area contributed by atoms with Crippen LogP contribution in [0.2, 0.25) is 0 Å². The van der Waals surface area contributed by atoms with E-state index in [1.807, 2.05) is 17.4 Å². The highest BCUT2D eigenvalue weighted by molar-refractivity contribution is 5.94. The van der Waals surface area contributed by atoms with Crippen molar-refractivity contribution in [3.63, 3.8) is 0 Å². The van der Waals surface area contributed by atoms with Crippen LogP contribution in [0.15, 0.2) is 18.3 Å². The fourth-order valence-corrected chi connectivity index (χ4v) is 3.11.